The van der Waals surface area contributed by atoms with Crippen molar-refractivity contribution < 1.29 is 5.11 Å². The van der Waals surface area contributed by atoms with Gasteiger partial charge in [-0.25, -0.2) is 0 Å². The summed E-state index contributed by atoms with van der Waals surface area (Å²) in [5, 5.41) is 8.76. The number of aliphatic hydroxyl groups excluding tert-OH is 1. The monoisotopic (exact) mass is 158 g/mol. The van der Waals surface area contributed by atoms with Gasteiger partial charge in [0.2, 0.25) is 0 Å². The molecule has 0 heterocycles. The molecule has 0 saturated carbocycles. The second-order valence-corrected chi connectivity index (χ2v) is 3.73. The summed E-state index contributed by atoms with van der Waals surface area (Å²) >= 11 is 0. The fourth-order valence-electron chi connectivity index (χ4n) is 1.11. The van der Waals surface area contributed by atoms with E-state index in [4.69, 9.17) is 5.11 Å². The molecule has 68 valence electrons. The van der Waals surface area contributed by atoms with Crippen molar-refractivity contribution in [2.75, 3.05) is 6.61 Å². The molecular formula is C10H22O. The van der Waals surface area contributed by atoms with Crippen molar-refractivity contribution in [3.05, 3.63) is 0 Å². The highest BCUT2D eigenvalue weighted by molar-refractivity contribution is 4.54. The minimum Gasteiger partial charge on any atom is -0.396 e. The van der Waals surface area contributed by atoms with Crippen molar-refractivity contribution in [3.63, 3.8) is 0 Å². The van der Waals surface area contributed by atoms with Gasteiger partial charge in [0.1, 0.15) is 0 Å². The Bertz CT molecular complexity index is 70.9. The summed E-state index contributed by atoms with van der Waals surface area (Å²) in [6.07, 6.45) is 5.06. The van der Waals surface area contributed by atoms with Gasteiger partial charge in [0.15, 0.2) is 0 Å². The number of hydrogen-bond acceptors (Lipinski definition) is 1. The first kappa shape index (κ1) is 11.0. The maximum absolute atomic E-state index is 8.76. The summed E-state index contributed by atoms with van der Waals surface area (Å²) in [5.41, 5.74) is 0. The SMILES string of the molecule is CC[C@@H](C)CCC[C@@H](C)CO. The summed E-state index contributed by atoms with van der Waals surface area (Å²) in [5.74, 6) is 1.36. The van der Waals surface area contributed by atoms with E-state index in [0.29, 0.717) is 12.5 Å². The van der Waals surface area contributed by atoms with Crippen LogP contribution in [-0.4, -0.2) is 11.7 Å². The van der Waals surface area contributed by atoms with Gasteiger partial charge in [-0.2, -0.15) is 0 Å². The highest BCUT2D eigenvalue weighted by atomic mass is 16.3. The molecule has 0 saturated heterocycles. The van der Waals surface area contributed by atoms with Crippen LogP contribution in [0.5, 0.6) is 0 Å². The molecule has 0 aliphatic carbocycles. The molecule has 0 aromatic rings. The second-order valence-electron chi connectivity index (χ2n) is 3.73. The zero-order chi connectivity index (χ0) is 8.69. The Morgan fingerprint density at radius 1 is 1.09 bits per heavy atom. The van der Waals surface area contributed by atoms with Crippen LogP contribution in [0.1, 0.15) is 46.5 Å². The lowest BCUT2D eigenvalue weighted by molar-refractivity contribution is 0.225. The maximum Gasteiger partial charge on any atom is 0.0456 e. The van der Waals surface area contributed by atoms with E-state index in [1.807, 2.05) is 0 Å². The van der Waals surface area contributed by atoms with Crippen LogP contribution in [-0.2, 0) is 0 Å². The Morgan fingerprint density at radius 2 is 1.64 bits per heavy atom. The molecule has 0 amide bonds. The van der Waals surface area contributed by atoms with Crippen LogP contribution in [0.4, 0.5) is 0 Å². The van der Waals surface area contributed by atoms with Gasteiger partial charge in [-0.3, -0.25) is 0 Å². The third-order valence-electron chi connectivity index (χ3n) is 2.40. The first-order valence-electron chi connectivity index (χ1n) is 4.81. The molecule has 0 rings (SSSR count). The fourth-order valence-corrected chi connectivity index (χ4v) is 1.11. The summed E-state index contributed by atoms with van der Waals surface area (Å²) in [7, 11) is 0. The van der Waals surface area contributed by atoms with E-state index in [-0.39, 0.29) is 0 Å². The predicted molar refractivity (Wildman–Crippen MR) is 49.6 cm³/mol. The predicted octanol–water partition coefficient (Wildman–Crippen LogP) is 2.83. The largest absolute Gasteiger partial charge is 0.396 e. The van der Waals surface area contributed by atoms with E-state index >= 15 is 0 Å². The van der Waals surface area contributed by atoms with Crippen LogP contribution in [0.25, 0.3) is 0 Å². The van der Waals surface area contributed by atoms with E-state index in [2.05, 4.69) is 20.8 Å². The minimum atomic E-state index is 0.348. The van der Waals surface area contributed by atoms with Gasteiger partial charge in [-0.1, -0.05) is 40.0 Å². The molecule has 1 N–H and O–H groups in total. The Hall–Kier alpha value is -0.0400. The molecule has 0 aliphatic heterocycles. The van der Waals surface area contributed by atoms with Crippen LogP contribution in [0.15, 0.2) is 0 Å². The van der Waals surface area contributed by atoms with Crippen molar-refractivity contribution >= 4 is 0 Å². The fraction of sp³-hybridized carbons (Fsp3) is 1.00. The van der Waals surface area contributed by atoms with Gasteiger partial charge in [0, 0.05) is 6.61 Å². The standard InChI is InChI=1S/C10H22O/c1-4-9(2)6-5-7-10(3)8-11/h9-11H,4-8H2,1-3H3/t9-,10-/m1/s1. The van der Waals surface area contributed by atoms with Crippen molar-refractivity contribution in [3.8, 4) is 0 Å². The van der Waals surface area contributed by atoms with Crippen LogP contribution >= 0.6 is 0 Å². The first-order chi connectivity index (χ1) is 5.20. The Morgan fingerprint density at radius 3 is 2.09 bits per heavy atom. The average molecular weight is 158 g/mol. The van der Waals surface area contributed by atoms with Gasteiger partial charge < -0.3 is 5.11 Å². The molecule has 0 radical (unpaired) electrons. The smallest absolute Gasteiger partial charge is 0.0456 e. The second kappa shape index (κ2) is 6.66. The zero-order valence-corrected chi connectivity index (χ0v) is 8.14. The van der Waals surface area contributed by atoms with E-state index in [9.17, 15) is 0 Å². The molecule has 0 aliphatic rings. The molecule has 11 heavy (non-hydrogen) atoms. The average Bonchev–Trinajstić information content (AvgIpc) is 2.04. The third-order valence-corrected chi connectivity index (χ3v) is 2.40. The quantitative estimate of drug-likeness (QED) is 0.630. The lowest BCUT2D eigenvalue weighted by atomic mass is 9.98. The summed E-state index contributed by atoms with van der Waals surface area (Å²) in [4.78, 5) is 0. The normalized spacial score (nSPS) is 16.4. The van der Waals surface area contributed by atoms with Crippen molar-refractivity contribution in [2.45, 2.75) is 46.5 Å². The van der Waals surface area contributed by atoms with E-state index in [1.165, 1.54) is 25.7 Å². The Balaban J connectivity index is 3.13. The van der Waals surface area contributed by atoms with Gasteiger partial charge >= 0.3 is 0 Å². The maximum atomic E-state index is 8.76. The highest BCUT2D eigenvalue weighted by Crippen LogP contribution is 2.14. The molecule has 2 atom stereocenters. The van der Waals surface area contributed by atoms with Crippen LogP contribution in [0.3, 0.4) is 0 Å². The molecule has 0 fully saturated rings. The van der Waals surface area contributed by atoms with Gasteiger partial charge in [-0.05, 0) is 18.3 Å². The Kier molecular flexibility index (Phi) is 6.63. The molecule has 0 aromatic heterocycles. The van der Waals surface area contributed by atoms with Gasteiger partial charge in [0.25, 0.3) is 0 Å². The van der Waals surface area contributed by atoms with Crippen molar-refractivity contribution in [2.24, 2.45) is 11.8 Å². The van der Waals surface area contributed by atoms with Gasteiger partial charge in [-0.15, -0.1) is 0 Å². The first-order valence-corrected chi connectivity index (χ1v) is 4.81. The van der Waals surface area contributed by atoms with Crippen LogP contribution in [0.2, 0.25) is 0 Å². The Labute approximate surface area is 70.8 Å². The number of rotatable bonds is 6. The molecule has 0 spiro atoms. The lowest BCUT2D eigenvalue weighted by Crippen LogP contribution is -2.01. The summed E-state index contributed by atoms with van der Waals surface area (Å²) in [6, 6.07) is 0. The topological polar surface area (TPSA) is 20.2 Å². The van der Waals surface area contributed by atoms with E-state index < -0.39 is 0 Å². The number of aliphatic hydroxyl groups is 1. The molecular weight excluding hydrogens is 136 g/mol. The van der Waals surface area contributed by atoms with E-state index in [1.54, 1.807) is 0 Å². The highest BCUT2D eigenvalue weighted by Gasteiger charge is 2.02. The minimum absolute atomic E-state index is 0.348. The van der Waals surface area contributed by atoms with E-state index in [0.717, 1.165) is 5.92 Å². The molecule has 1 nitrogen and oxygen atoms in total. The zero-order valence-electron chi connectivity index (χ0n) is 8.14. The summed E-state index contributed by atoms with van der Waals surface area (Å²) in [6.45, 7) is 6.99. The molecule has 0 bridgehead atoms. The van der Waals surface area contributed by atoms with Crippen LogP contribution < -0.4 is 0 Å². The van der Waals surface area contributed by atoms with Crippen LogP contribution in [0, 0.1) is 11.8 Å². The summed E-state index contributed by atoms with van der Waals surface area (Å²) < 4.78 is 0. The molecule has 0 aromatic carbocycles. The van der Waals surface area contributed by atoms with Crippen molar-refractivity contribution in [1.82, 2.24) is 0 Å². The van der Waals surface area contributed by atoms with Gasteiger partial charge in [0.05, 0.1) is 0 Å². The number of hydrogen-bond donors (Lipinski definition) is 1. The third kappa shape index (κ3) is 6.36. The molecule has 1 heteroatoms. The molecule has 0 unspecified atom stereocenters. The lowest BCUT2D eigenvalue weighted by Gasteiger charge is -2.10. The van der Waals surface area contributed by atoms with Crippen molar-refractivity contribution in [1.29, 1.82) is 0 Å².